The van der Waals surface area contributed by atoms with Gasteiger partial charge in [-0.25, -0.2) is 8.91 Å². The molecule has 0 saturated carbocycles. The number of aromatic nitrogens is 1. The molecule has 1 N–H and O–H groups in total. The van der Waals surface area contributed by atoms with Crippen molar-refractivity contribution in [1.82, 2.24) is 8.91 Å². The molecule has 15 heavy (non-hydrogen) atoms. The van der Waals surface area contributed by atoms with Crippen molar-refractivity contribution in [3.05, 3.63) is 24.4 Å². The van der Waals surface area contributed by atoms with Gasteiger partial charge in [0.1, 0.15) is 5.82 Å². The van der Waals surface area contributed by atoms with Gasteiger partial charge >= 0.3 is 0 Å². The maximum Gasteiger partial charge on any atom is 0.243 e. The van der Waals surface area contributed by atoms with Crippen LogP contribution < -0.4 is 5.32 Å². The SMILES string of the molecule is O=C(Nc1ccccn1)[C@@H]1CCCN1Br. The third-order valence-corrected chi connectivity index (χ3v) is 3.26. The number of rotatable bonds is 2. The molecule has 4 nitrogen and oxygen atoms in total. The molecule has 0 aromatic carbocycles. The van der Waals surface area contributed by atoms with Crippen LogP contribution in [-0.2, 0) is 4.79 Å². The van der Waals surface area contributed by atoms with Crippen molar-refractivity contribution >= 4 is 27.9 Å². The van der Waals surface area contributed by atoms with Gasteiger partial charge in [0.05, 0.1) is 6.04 Å². The van der Waals surface area contributed by atoms with Gasteiger partial charge in [-0.2, -0.15) is 0 Å². The largest absolute Gasteiger partial charge is 0.309 e. The van der Waals surface area contributed by atoms with Crippen LogP contribution in [0.4, 0.5) is 5.82 Å². The quantitative estimate of drug-likeness (QED) is 0.833. The molecule has 2 rings (SSSR count). The summed E-state index contributed by atoms with van der Waals surface area (Å²) < 4.78 is 1.89. The zero-order chi connectivity index (χ0) is 10.7. The van der Waals surface area contributed by atoms with Crippen LogP contribution in [0.1, 0.15) is 12.8 Å². The van der Waals surface area contributed by atoms with Crippen molar-refractivity contribution in [2.45, 2.75) is 18.9 Å². The molecule has 1 fully saturated rings. The van der Waals surface area contributed by atoms with Gasteiger partial charge in [-0.15, -0.1) is 0 Å². The van der Waals surface area contributed by atoms with Crippen LogP contribution in [0.15, 0.2) is 24.4 Å². The van der Waals surface area contributed by atoms with E-state index in [0.717, 1.165) is 19.4 Å². The van der Waals surface area contributed by atoms with Crippen LogP contribution in [-0.4, -0.2) is 27.4 Å². The number of anilines is 1. The Morgan fingerprint density at radius 1 is 1.60 bits per heavy atom. The molecule has 80 valence electrons. The molecule has 0 aliphatic carbocycles. The first-order chi connectivity index (χ1) is 7.27. The van der Waals surface area contributed by atoms with E-state index in [4.69, 9.17) is 0 Å². The average molecular weight is 270 g/mol. The van der Waals surface area contributed by atoms with E-state index in [9.17, 15) is 4.79 Å². The summed E-state index contributed by atoms with van der Waals surface area (Å²) in [4.78, 5) is 15.9. The minimum absolute atomic E-state index is 0.00285. The maximum absolute atomic E-state index is 11.8. The summed E-state index contributed by atoms with van der Waals surface area (Å²) in [6.07, 6.45) is 3.60. The Morgan fingerprint density at radius 2 is 2.47 bits per heavy atom. The number of nitrogens with zero attached hydrogens (tertiary/aromatic N) is 2. The van der Waals surface area contributed by atoms with Gasteiger partial charge in [0, 0.05) is 28.9 Å². The average Bonchev–Trinajstić information content (AvgIpc) is 2.66. The molecule has 1 aromatic heterocycles. The van der Waals surface area contributed by atoms with Gasteiger partial charge in [-0.3, -0.25) is 4.79 Å². The predicted octanol–water partition coefficient (Wildman–Crippen LogP) is 1.79. The molecule has 1 aliphatic rings. The van der Waals surface area contributed by atoms with E-state index in [1.54, 1.807) is 12.3 Å². The van der Waals surface area contributed by atoms with E-state index in [1.807, 2.05) is 16.1 Å². The van der Waals surface area contributed by atoms with Gasteiger partial charge in [0.25, 0.3) is 0 Å². The molecule has 2 heterocycles. The number of hydrogen-bond donors (Lipinski definition) is 1. The molecule has 1 atom stereocenters. The van der Waals surface area contributed by atoms with Crippen molar-refractivity contribution in [3.8, 4) is 0 Å². The number of carbonyl (C=O) groups excluding carboxylic acids is 1. The third-order valence-electron chi connectivity index (χ3n) is 2.41. The summed E-state index contributed by atoms with van der Waals surface area (Å²) in [5.74, 6) is 0.610. The van der Waals surface area contributed by atoms with Crippen LogP contribution in [0.5, 0.6) is 0 Å². The third kappa shape index (κ3) is 2.54. The van der Waals surface area contributed by atoms with Crippen LogP contribution in [0.3, 0.4) is 0 Å². The van der Waals surface area contributed by atoms with Crippen molar-refractivity contribution in [3.63, 3.8) is 0 Å². The summed E-state index contributed by atoms with van der Waals surface area (Å²) in [6.45, 7) is 0.917. The van der Waals surface area contributed by atoms with Gasteiger partial charge in [-0.05, 0) is 25.0 Å². The second-order valence-corrected chi connectivity index (χ2v) is 4.40. The molecule has 1 saturated heterocycles. The van der Waals surface area contributed by atoms with Gasteiger partial charge in [0.2, 0.25) is 5.91 Å². The zero-order valence-corrected chi connectivity index (χ0v) is 9.77. The number of halogens is 1. The Hall–Kier alpha value is -0.940. The van der Waals surface area contributed by atoms with E-state index in [-0.39, 0.29) is 11.9 Å². The van der Waals surface area contributed by atoms with Crippen LogP contribution in [0.25, 0.3) is 0 Å². The fourth-order valence-electron chi connectivity index (χ4n) is 1.64. The zero-order valence-electron chi connectivity index (χ0n) is 8.19. The lowest BCUT2D eigenvalue weighted by Gasteiger charge is -2.15. The first kappa shape index (κ1) is 10.6. The van der Waals surface area contributed by atoms with Crippen molar-refractivity contribution < 1.29 is 4.79 Å². The highest BCUT2D eigenvalue weighted by atomic mass is 79.9. The summed E-state index contributed by atoms with van der Waals surface area (Å²) in [5.41, 5.74) is 0. The molecule has 0 radical (unpaired) electrons. The normalized spacial score (nSPS) is 21.5. The summed E-state index contributed by atoms with van der Waals surface area (Å²) in [7, 11) is 0. The van der Waals surface area contributed by atoms with Gasteiger partial charge in [0.15, 0.2) is 0 Å². The molecule has 0 spiro atoms. The number of nitrogens with one attached hydrogen (secondary N) is 1. The maximum atomic E-state index is 11.8. The first-order valence-corrected chi connectivity index (χ1v) is 5.62. The van der Waals surface area contributed by atoms with Crippen LogP contribution >= 0.6 is 16.1 Å². The van der Waals surface area contributed by atoms with E-state index >= 15 is 0 Å². The smallest absolute Gasteiger partial charge is 0.243 e. The minimum Gasteiger partial charge on any atom is -0.309 e. The van der Waals surface area contributed by atoms with E-state index in [0.29, 0.717) is 5.82 Å². The summed E-state index contributed by atoms with van der Waals surface area (Å²) >= 11 is 3.37. The second kappa shape index (κ2) is 4.72. The molecule has 5 heteroatoms. The van der Waals surface area contributed by atoms with Crippen molar-refractivity contribution in [2.24, 2.45) is 0 Å². The number of hydrogen-bond acceptors (Lipinski definition) is 3. The van der Waals surface area contributed by atoms with Crippen LogP contribution in [0.2, 0.25) is 0 Å². The van der Waals surface area contributed by atoms with Gasteiger partial charge in [-0.1, -0.05) is 6.07 Å². The van der Waals surface area contributed by atoms with Crippen molar-refractivity contribution in [2.75, 3.05) is 11.9 Å². The molecule has 0 unspecified atom stereocenters. The highest BCUT2D eigenvalue weighted by Crippen LogP contribution is 2.21. The Bertz CT molecular complexity index is 344. The topological polar surface area (TPSA) is 45.2 Å². The summed E-state index contributed by atoms with van der Waals surface area (Å²) in [6, 6.07) is 5.38. The predicted molar refractivity (Wildman–Crippen MR) is 61.5 cm³/mol. The Balaban J connectivity index is 1.98. The Kier molecular flexibility index (Phi) is 3.33. The fourth-order valence-corrected chi connectivity index (χ4v) is 2.28. The molecule has 0 bridgehead atoms. The second-order valence-electron chi connectivity index (χ2n) is 3.49. The molecular formula is C10H12BrN3O. The van der Waals surface area contributed by atoms with E-state index in [1.165, 1.54) is 0 Å². The monoisotopic (exact) mass is 269 g/mol. The fraction of sp³-hybridized carbons (Fsp3) is 0.400. The number of pyridine rings is 1. The number of carbonyl (C=O) groups is 1. The number of amides is 1. The molecule has 1 amide bonds. The van der Waals surface area contributed by atoms with Crippen LogP contribution in [0, 0.1) is 0 Å². The lowest BCUT2D eigenvalue weighted by molar-refractivity contribution is -0.118. The molecule has 1 aromatic rings. The highest BCUT2D eigenvalue weighted by molar-refractivity contribution is 9.07. The lowest BCUT2D eigenvalue weighted by atomic mass is 10.2. The highest BCUT2D eigenvalue weighted by Gasteiger charge is 2.29. The van der Waals surface area contributed by atoms with Gasteiger partial charge < -0.3 is 5.32 Å². The minimum atomic E-state index is -0.0768. The Morgan fingerprint density at radius 3 is 3.07 bits per heavy atom. The Labute approximate surface area is 97.0 Å². The standard InChI is InChI=1S/C10H12BrN3O/c11-14-7-3-4-8(14)10(15)13-9-5-1-2-6-12-9/h1-2,5-6,8H,3-4,7H2,(H,12,13,15)/t8-/m0/s1. The van der Waals surface area contributed by atoms with E-state index < -0.39 is 0 Å². The summed E-state index contributed by atoms with van der Waals surface area (Å²) in [5, 5.41) is 2.79. The van der Waals surface area contributed by atoms with E-state index in [2.05, 4.69) is 26.4 Å². The molecule has 1 aliphatic heterocycles. The first-order valence-electron chi connectivity index (χ1n) is 4.91. The molecular weight excluding hydrogens is 258 g/mol. The van der Waals surface area contributed by atoms with Crippen molar-refractivity contribution in [1.29, 1.82) is 0 Å². The lowest BCUT2D eigenvalue weighted by Crippen LogP contribution is -2.34.